The van der Waals surface area contributed by atoms with Crippen molar-refractivity contribution in [3.63, 3.8) is 0 Å². The zero-order chi connectivity index (χ0) is 10.8. The molecule has 1 fully saturated rings. The Kier molecular flexibility index (Phi) is 2.73. The minimum Gasteiger partial charge on any atom is -0.478 e. The van der Waals surface area contributed by atoms with Gasteiger partial charge >= 0.3 is 5.97 Å². The Balaban J connectivity index is 2.15. The van der Waals surface area contributed by atoms with Gasteiger partial charge in [0.05, 0.1) is 0 Å². The van der Waals surface area contributed by atoms with E-state index in [0.717, 1.165) is 6.54 Å². The fourth-order valence-corrected chi connectivity index (χ4v) is 1.37. The van der Waals surface area contributed by atoms with Gasteiger partial charge in [-0.3, -0.25) is 0 Å². The summed E-state index contributed by atoms with van der Waals surface area (Å²) in [6.45, 7) is 0.747. The van der Waals surface area contributed by atoms with Crippen LogP contribution in [0.1, 0.15) is 23.2 Å². The van der Waals surface area contributed by atoms with Gasteiger partial charge in [-0.1, -0.05) is 11.6 Å². The van der Waals surface area contributed by atoms with Gasteiger partial charge in [0.25, 0.3) is 0 Å². The van der Waals surface area contributed by atoms with Crippen molar-refractivity contribution in [3.8, 4) is 0 Å². The molecule has 1 saturated carbocycles. The van der Waals surface area contributed by atoms with Crippen molar-refractivity contribution in [1.29, 1.82) is 0 Å². The first-order valence-corrected chi connectivity index (χ1v) is 5.05. The number of rotatable bonds is 4. The fourth-order valence-electron chi connectivity index (χ4n) is 1.22. The standard InChI is InChI=1S/C9H10ClN3O2/c10-7-3-6(9(14)15)8(13-12-7)11-4-5-1-2-5/h3,5H,1-2,4H2,(H,11,13)(H,14,15). The van der Waals surface area contributed by atoms with Crippen molar-refractivity contribution in [3.05, 3.63) is 16.8 Å². The smallest absolute Gasteiger partial charge is 0.339 e. The number of aromatic carboxylic acids is 1. The number of carboxylic acid groups (broad SMARTS) is 1. The number of hydrogen-bond donors (Lipinski definition) is 2. The number of carbonyl (C=O) groups is 1. The third-order valence-electron chi connectivity index (χ3n) is 2.25. The van der Waals surface area contributed by atoms with Gasteiger partial charge in [0.1, 0.15) is 5.56 Å². The maximum Gasteiger partial charge on any atom is 0.339 e. The molecule has 5 nitrogen and oxygen atoms in total. The summed E-state index contributed by atoms with van der Waals surface area (Å²) < 4.78 is 0. The lowest BCUT2D eigenvalue weighted by atomic mass is 10.3. The highest BCUT2D eigenvalue weighted by molar-refractivity contribution is 6.29. The highest BCUT2D eigenvalue weighted by atomic mass is 35.5. The van der Waals surface area contributed by atoms with E-state index >= 15 is 0 Å². The van der Waals surface area contributed by atoms with E-state index in [1.807, 2.05) is 0 Å². The average molecular weight is 228 g/mol. The summed E-state index contributed by atoms with van der Waals surface area (Å²) in [5, 5.41) is 19.3. The highest BCUT2D eigenvalue weighted by Gasteiger charge is 2.22. The zero-order valence-corrected chi connectivity index (χ0v) is 8.66. The predicted molar refractivity (Wildman–Crippen MR) is 55.2 cm³/mol. The van der Waals surface area contributed by atoms with Crippen LogP contribution in [0.4, 0.5) is 5.82 Å². The summed E-state index contributed by atoms with van der Waals surface area (Å²) in [6.07, 6.45) is 2.38. The number of anilines is 1. The molecule has 2 N–H and O–H groups in total. The molecule has 1 aromatic heterocycles. The second-order valence-electron chi connectivity index (χ2n) is 3.56. The summed E-state index contributed by atoms with van der Waals surface area (Å²) >= 11 is 5.57. The predicted octanol–water partition coefficient (Wildman–Crippen LogP) is 1.65. The number of carboxylic acids is 1. The molecule has 1 heterocycles. The van der Waals surface area contributed by atoms with Crippen molar-refractivity contribution in [1.82, 2.24) is 10.2 Å². The monoisotopic (exact) mass is 227 g/mol. The molecule has 0 bridgehead atoms. The maximum atomic E-state index is 10.9. The Hall–Kier alpha value is -1.36. The minimum absolute atomic E-state index is 0.0654. The molecule has 0 unspecified atom stereocenters. The van der Waals surface area contributed by atoms with Crippen molar-refractivity contribution >= 4 is 23.4 Å². The van der Waals surface area contributed by atoms with Crippen LogP contribution in [0.25, 0.3) is 0 Å². The van der Waals surface area contributed by atoms with Gasteiger partial charge in [-0.25, -0.2) is 4.79 Å². The molecule has 6 heteroatoms. The quantitative estimate of drug-likeness (QED) is 0.818. The first-order valence-electron chi connectivity index (χ1n) is 4.67. The molecule has 0 aromatic carbocycles. The Morgan fingerprint density at radius 3 is 2.93 bits per heavy atom. The summed E-state index contributed by atoms with van der Waals surface area (Å²) in [5.74, 6) is -0.118. The Labute approximate surface area is 91.5 Å². The molecular weight excluding hydrogens is 218 g/mol. The van der Waals surface area contributed by atoms with E-state index in [1.165, 1.54) is 18.9 Å². The molecule has 0 radical (unpaired) electrons. The second kappa shape index (κ2) is 4.02. The summed E-state index contributed by atoms with van der Waals surface area (Å²) in [4.78, 5) is 10.9. The van der Waals surface area contributed by atoms with Gasteiger partial charge in [0, 0.05) is 6.54 Å². The molecule has 1 aliphatic rings. The lowest BCUT2D eigenvalue weighted by molar-refractivity contribution is 0.0697. The number of halogens is 1. The zero-order valence-electron chi connectivity index (χ0n) is 7.90. The lowest BCUT2D eigenvalue weighted by Gasteiger charge is -2.06. The minimum atomic E-state index is -1.05. The molecule has 0 aliphatic heterocycles. The van der Waals surface area contributed by atoms with E-state index in [2.05, 4.69) is 15.5 Å². The van der Waals surface area contributed by atoms with E-state index in [-0.39, 0.29) is 10.7 Å². The third-order valence-corrected chi connectivity index (χ3v) is 2.43. The van der Waals surface area contributed by atoms with Crippen LogP contribution in [0.15, 0.2) is 6.07 Å². The van der Waals surface area contributed by atoms with Crippen LogP contribution in [-0.4, -0.2) is 27.8 Å². The van der Waals surface area contributed by atoms with Crippen LogP contribution in [-0.2, 0) is 0 Å². The largest absolute Gasteiger partial charge is 0.478 e. The molecular formula is C9H10ClN3O2. The molecule has 1 aromatic rings. The Morgan fingerprint density at radius 2 is 2.33 bits per heavy atom. The van der Waals surface area contributed by atoms with Crippen LogP contribution in [0.3, 0.4) is 0 Å². The van der Waals surface area contributed by atoms with E-state index in [0.29, 0.717) is 11.7 Å². The van der Waals surface area contributed by atoms with Gasteiger partial charge in [0.2, 0.25) is 0 Å². The maximum absolute atomic E-state index is 10.9. The van der Waals surface area contributed by atoms with Crippen LogP contribution in [0.5, 0.6) is 0 Å². The van der Waals surface area contributed by atoms with Crippen LogP contribution >= 0.6 is 11.6 Å². The first kappa shape index (κ1) is 10.2. The fraction of sp³-hybridized carbons (Fsp3) is 0.444. The number of aromatic nitrogens is 2. The summed E-state index contributed by atoms with van der Waals surface area (Å²) in [6, 6.07) is 1.30. The highest BCUT2D eigenvalue weighted by Crippen LogP contribution is 2.29. The van der Waals surface area contributed by atoms with Gasteiger partial charge < -0.3 is 10.4 Å². The molecule has 0 atom stereocenters. The van der Waals surface area contributed by atoms with Crippen molar-refractivity contribution in [2.75, 3.05) is 11.9 Å². The summed E-state index contributed by atoms with van der Waals surface area (Å²) in [7, 11) is 0. The lowest BCUT2D eigenvalue weighted by Crippen LogP contribution is -2.11. The average Bonchev–Trinajstić information content (AvgIpc) is 2.99. The van der Waals surface area contributed by atoms with Crippen molar-refractivity contribution < 1.29 is 9.90 Å². The molecule has 2 rings (SSSR count). The van der Waals surface area contributed by atoms with Gasteiger partial charge in [-0.05, 0) is 24.8 Å². The van der Waals surface area contributed by atoms with Crippen molar-refractivity contribution in [2.45, 2.75) is 12.8 Å². The second-order valence-corrected chi connectivity index (χ2v) is 3.95. The van der Waals surface area contributed by atoms with Crippen molar-refractivity contribution in [2.24, 2.45) is 5.92 Å². The number of nitrogens with one attached hydrogen (secondary N) is 1. The molecule has 80 valence electrons. The van der Waals surface area contributed by atoms with Crippen LogP contribution < -0.4 is 5.32 Å². The first-order chi connectivity index (χ1) is 7.16. The van der Waals surface area contributed by atoms with Gasteiger partial charge in [0.15, 0.2) is 11.0 Å². The molecule has 0 spiro atoms. The topological polar surface area (TPSA) is 75.1 Å². The normalized spacial score (nSPS) is 15.0. The Morgan fingerprint density at radius 1 is 1.60 bits per heavy atom. The molecule has 0 amide bonds. The number of hydrogen-bond acceptors (Lipinski definition) is 4. The van der Waals surface area contributed by atoms with E-state index in [9.17, 15) is 4.79 Å². The third kappa shape index (κ3) is 2.56. The van der Waals surface area contributed by atoms with Gasteiger partial charge in [-0.2, -0.15) is 0 Å². The Bertz CT molecular complexity index is 393. The molecule has 0 saturated heterocycles. The summed E-state index contributed by atoms with van der Waals surface area (Å²) in [5.41, 5.74) is 0.0654. The number of nitrogens with zero attached hydrogens (tertiary/aromatic N) is 2. The van der Waals surface area contributed by atoms with E-state index < -0.39 is 5.97 Å². The van der Waals surface area contributed by atoms with Crippen LogP contribution in [0, 0.1) is 5.92 Å². The van der Waals surface area contributed by atoms with Gasteiger partial charge in [-0.15, -0.1) is 10.2 Å². The van der Waals surface area contributed by atoms with E-state index in [4.69, 9.17) is 16.7 Å². The molecule has 15 heavy (non-hydrogen) atoms. The van der Waals surface area contributed by atoms with E-state index in [1.54, 1.807) is 0 Å². The van der Waals surface area contributed by atoms with Crippen LogP contribution in [0.2, 0.25) is 5.15 Å². The SMILES string of the molecule is O=C(O)c1cc(Cl)nnc1NCC1CC1. The molecule has 1 aliphatic carbocycles.